The first kappa shape index (κ1) is 22.7. The van der Waals surface area contributed by atoms with Crippen molar-refractivity contribution >= 4 is 53.5 Å². The number of pyridine rings is 1. The van der Waals surface area contributed by atoms with Gasteiger partial charge in [-0.2, -0.15) is 0 Å². The van der Waals surface area contributed by atoms with Crippen molar-refractivity contribution in [2.24, 2.45) is 4.99 Å². The fraction of sp³-hybridized carbons (Fsp3) is 0.217. The van der Waals surface area contributed by atoms with E-state index >= 15 is 0 Å². The summed E-state index contributed by atoms with van der Waals surface area (Å²) in [5.41, 5.74) is 4.89. The second kappa shape index (κ2) is 9.90. The van der Waals surface area contributed by atoms with Crippen LogP contribution >= 0.6 is 23.2 Å². The lowest BCUT2D eigenvalue weighted by Gasteiger charge is -2.41. The number of hydrogen-bond acceptors (Lipinski definition) is 4. The zero-order chi connectivity index (χ0) is 22.5. The maximum Gasteiger partial charge on any atom is 0.247 e. The number of aromatic nitrogens is 1. The van der Waals surface area contributed by atoms with Crippen LogP contribution in [0.25, 0.3) is 17.2 Å². The average Bonchev–Trinajstić information content (AvgIpc) is 2.77. The Labute approximate surface area is 191 Å². The molecule has 1 fully saturated rings. The molecule has 6 nitrogen and oxygen atoms in total. The summed E-state index contributed by atoms with van der Waals surface area (Å²) >= 11 is 12.0. The molecular formula is C23H22Cl2N4O2. The van der Waals surface area contributed by atoms with Gasteiger partial charge in [-0.3, -0.25) is 19.6 Å². The molecule has 1 unspecified atom stereocenters. The van der Waals surface area contributed by atoms with E-state index in [1.807, 2.05) is 24.3 Å². The van der Waals surface area contributed by atoms with Crippen LogP contribution in [0.5, 0.6) is 0 Å². The molecule has 1 aliphatic heterocycles. The molecule has 1 saturated heterocycles. The third-order valence-electron chi connectivity index (χ3n) is 5.20. The molecule has 0 spiro atoms. The minimum Gasteiger partial charge on any atom is -0.335 e. The molecule has 1 aliphatic rings. The quantitative estimate of drug-likeness (QED) is 0.476. The molecule has 1 aromatic carbocycles. The number of hydrogen-bond donors (Lipinski definition) is 0. The summed E-state index contributed by atoms with van der Waals surface area (Å²) in [7, 11) is 0. The molecular weight excluding hydrogens is 435 g/mol. The van der Waals surface area contributed by atoms with Crippen molar-refractivity contribution in [1.82, 2.24) is 14.8 Å². The van der Waals surface area contributed by atoms with E-state index in [2.05, 4.69) is 23.3 Å². The van der Waals surface area contributed by atoms with Gasteiger partial charge in [0.25, 0.3) is 0 Å². The van der Waals surface area contributed by atoms with E-state index in [9.17, 15) is 9.59 Å². The van der Waals surface area contributed by atoms with Gasteiger partial charge in [-0.1, -0.05) is 29.8 Å². The number of carbonyl (C=O) groups is 2. The highest BCUT2D eigenvalue weighted by molar-refractivity contribution is 6.31. The van der Waals surface area contributed by atoms with Crippen LogP contribution in [0.2, 0.25) is 5.02 Å². The van der Waals surface area contributed by atoms with E-state index in [1.54, 1.807) is 22.1 Å². The molecule has 0 saturated carbocycles. The highest BCUT2D eigenvalue weighted by Gasteiger charge is 2.32. The highest BCUT2D eigenvalue weighted by Crippen LogP contribution is 2.34. The molecule has 8 heteroatoms. The first-order chi connectivity index (χ1) is 14.9. The van der Waals surface area contributed by atoms with Crippen LogP contribution in [0, 0.1) is 0 Å². The van der Waals surface area contributed by atoms with Gasteiger partial charge in [-0.05, 0) is 48.2 Å². The van der Waals surface area contributed by atoms with Crippen molar-refractivity contribution in [2.45, 2.75) is 13.0 Å². The van der Waals surface area contributed by atoms with Gasteiger partial charge in [0.2, 0.25) is 11.8 Å². The van der Waals surface area contributed by atoms with Gasteiger partial charge >= 0.3 is 0 Å². The smallest absolute Gasteiger partial charge is 0.247 e. The monoisotopic (exact) mass is 456 g/mol. The fourth-order valence-electron chi connectivity index (χ4n) is 3.68. The van der Waals surface area contributed by atoms with Crippen LogP contribution in [0.3, 0.4) is 0 Å². The van der Waals surface area contributed by atoms with Gasteiger partial charge in [0.05, 0.1) is 17.4 Å². The first-order valence-electron chi connectivity index (χ1n) is 9.61. The summed E-state index contributed by atoms with van der Waals surface area (Å²) in [6.07, 6.45) is 4.64. The molecule has 0 radical (unpaired) electrons. The van der Waals surface area contributed by atoms with Gasteiger partial charge in [-0.25, -0.2) is 0 Å². The molecule has 2 amide bonds. The van der Waals surface area contributed by atoms with Crippen LogP contribution in [-0.4, -0.2) is 52.9 Å². The number of benzene rings is 1. The van der Waals surface area contributed by atoms with Crippen LogP contribution in [-0.2, 0) is 9.59 Å². The summed E-state index contributed by atoms with van der Waals surface area (Å²) in [6.45, 7) is 10.0. The Morgan fingerprint density at radius 2 is 2.00 bits per heavy atom. The molecule has 2 aromatic rings. The molecule has 1 atom stereocenters. The Bertz CT molecular complexity index is 1070. The number of carbonyl (C=O) groups excluding carboxylic acids is 2. The van der Waals surface area contributed by atoms with Crippen molar-refractivity contribution in [3.8, 4) is 11.1 Å². The zero-order valence-corrected chi connectivity index (χ0v) is 18.6. The Kier molecular flexibility index (Phi) is 7.25. The maximum atomic E-state index is 12.3. The van der Waals surface area contributed by atoms with E-state index in [0.717, 1.165) is 16.7 Å². The summed E-state index contributed by atoms with van der Waals surface area (Å²) in [5.74, 6) is -0.266. The lowest BCUT2D eigenvalue weighted by Crippen LogP contribution is -2.51. The van der Waals surface area contributed by atoms with Crippen molar-refractivity contribution < 1.29 is 9.59 Å². The molecule has 0 aliphatic carbocycles. The van der Waals surface area contributed by atoms with E-state index < -0.39 is 0 Å². The van der Waals surface area contributed by atoms with Gasteiger partial charge in [0, 0.05) is 55.0 Å². The number of nitrogens with zero attached hydrogens (tertiary/aromatic N) is 4. The fourth-order valence-corrected chi connectivity index (χ4v) is 4.03. The average molecular weight is 457 g/mol. The van der Waals surface area contributed by atoms with Crippen molar-refractivity contribution in [1.29, 1.82) is 0 Å². The van der Waals surface area contributed by atoms with E-state index in [-0.39, 0.29) is 17.9 Å². The van der Waals surface area contributed by atoms with Gasteiger partial charge < -0.3 is 9.80 Å². The summed E-state index contributed by atoms with van der Waals surface area (Å²) < 4.78 is 0. The second-order valence-electron chi connectivity index (χ2n) is 7.07. The number of rotatable bonds is 5. The maximum absolute atomic E-state index is 12.3. The normalized spacial score (nSPS) is 16.4. The zero-order valence-electron chi connectivity index (χ0n) is 17.1. The van der Waals surface area contributed by atoms with Crippen LogP contribution in [0.15, 0.2) is 53.6 Å². The standard InChI is InChI=1S/C23H22Cl2N4O2/c1-4-20-21(26-3)12-18(13-27-20)16-9-17(11-19(25)10-16)22-14-28(23(31)5-6-24)7-8-29(22)15(2)30/h4-6,9-13,22H,1,3,7-8,14H2,2H3/b6-5-. The molecule has 160 valence electrons. The first-order valence-corrected chi connectivity index (χ1v) is 10.4. The third kappa shape index (κ3) is 5.03. The van der Waals surface area contributed by atoms with Crippen molar-refractivity contribution in [3.63, 3.8) is 0 Å². The minimum atomic E-state index is -0.339. The largest absolute Gasteiger partial charge is 0.335 e. The topological polar surface area (TPSA) is 65.9 Å². The van der Waals surface area contributed by atoms with Crippen LogP contribution in [0.1, 0.15) is 24.2 Å². The lowest BCUT2D eigenvalue weighted by molar-refractivity contribution is -0.139. The summed E-state index contributed by atoms with van der Waals surface area (Å²) in [4.78, 5) is 36.4. The second-order valence-corrected chi connectivity index (χ2v) is 7.76. The lowest BCUT2D eigenvalue weighted by atomic mass is 9.97. The Balaban J connectivity index is 2.03. The van der Waals surface area contributed by atoms with Gasteiger partial charge in [0.15, 0.2) is 0 Å². The predicted octanol–water partition coefficient (Wildman–Crippen LogP) is 4.86. The number of piperazine rings is 1. The highest BCUT2D eigenvalue weighted by atomic mass is 35.5. The number of halogens is 2. The third-order valence-corrected chi connectivity index (χ3v) is 5.55. The van der Waals surface area contributed by atoms with E-state index in [4.69, 9.17) is 23.2 Å². The number of amides is 2. The van der Waals surface area contributed by atoms with E-state index in [0.29, 0.717) is 36.0 Å². The molecule has 0 N–H and O–H groups in total. The molecule has 31 heavy (non-hydrogen) atoms. The summed E-state index contributed by atoms with van der Waals surface area (Å²) in [6, 6.07) is 7.11. The molecule has 2 heterocycles. The van der Waals surface area contributed by atoms with Gasteiger partial charge in [0.1, 0.15) is 0 Å². The minimum absolute atomic E-state index is 0.0679. The van der Waals surface area contributed by atoms with Crippen LogP contribution in [0.4, 0.5) is 5.69 Å². The molecule has 1 aromatic heterocycles. The Morgan fingerprint density at radius 1 is 1.23 bits per heavy atom. The molecule has 3 rings (SSSR count). The van der Waals surface area contributed by atoms with E-state index in [1.165, 1.54) is 18.5 Å². The van der Waals surface area contributed by atoms with Gasteiger partial charge in [-0.15, -0.1) is 0 Å². The predicted molar refractivity (Wildman–Crippen MR) is 126 cm³/mol. The Hall–Kier alpha value is -2.96. The van der Waals surface area contributed by atoms with Crippen molar-refractivity contribution in [3.05, 3.63) is 64.9 Å². The summed E-state index contributed by atoms with van der Waals surface area (Å²) in [5, 5.41) is 0.515. The Morgan fingerprint density at radius 3 is 2.65 bits per heavy atom. The van der Waals surface area contributed by atoms with Crippen LogP contribution < -0.4 is 0 Å². The number of aliphatic imine (C=N–C) groups is 1. The SMILES string of the molecule is C=Cc1ncc(-c2cc(Cl)cc(C3CN(C(=O)/C=C\Cl)CCN3C(C)=O)c2)cc1N=C. The molecule has 0 bridgehead atoms. The van der Waals surface area contributed by atoms with Crippen molar-refractivity contribution in [2.75, 3.05) is 19.6 Å².